The highest BCUT2D eigenvalue weighted by Crippen LogP contribution is 2.36. The number of hydrogen-bond donors (Lipinski definition) is 2. The van der Waals surface area contributed by atoms with Crippen LogP contribution in [0.3, 0.4) is 0 Å². The van der Waals surface area contributed by atoms with Gasteiger partial charge in [-0.1, -0.05) is 43.3 Å². The summed E-state index contributed by atoms with van der Waals surface area (Å²) in [5, 5.41) is 7.81. The van der Waals surface area contributed by atoms with Gasteiger partial charge < -0.3 is 14.5 Å². The molecule has 0 radical (unpaired) electrons. The maximum Gasteiger partial charge on any atom is 0.261 e. The van der Waals surface area contributed by atoms with E-state index in [4.69, 9.17) is 21.4 Å². The van der Waals surface area contributed by atoms with Crippen LogP contribution in [0.5, 0.6) is 5.75 Å². The molecule has 5 aromatic rings. The minimum Gasteiger partial charge on any atom is -0.495 e. The fourth-order valence-corrected chi connectivity index (χ4v) is 4.94. The van der Waals surface area contributed by atoms with Crippen molar-refractivity contribution in [1.29, 1.82) is 0 Å². The van der Waals surface area contributed by atoms with E-state index in [-0.39, 0.29) is 11.0 Å². The molecule has 0 bridgehead atoms. The number of thiocarbonyl (C=S) groups is 1. The van der Waals surface area contributed by atoms with Crippen molar-refractivity contribution < 1.29 is 13.9 Å². The van der Waals surface area contributed by atoms with Crippen LogP contribution < -0.4 is 15.4 Å². The zero-order valence-electron chi connectivity index (χ0n) is 19.6. The molecule has 1 amide bonds. The smallest absolute Gasteiger partial charge is 0.261 e. The Kier molecular flexibility index (Phi) is 6.71. The molecule has 0 spiro atoms. The Balaban J connectivity index is 1.34. The number of amides is 1. The summed E-state index contributed by atoms with van der Waals surface area (Å²) < 4.78 is 12.1. The van der Waals surface area contributed by atoms with Gasteiger partial charge in [-0.3, -0.25) is 10.1 Å². The van der Waals surface area contributed by atoms with Crippen LogP contribution in [0.25, 0.3) is 33.3 Å². The lowest BCUT2D eigenvalue weighted by atomic mass is 10.1. The molecule has 36 heavy (non-hydrogen) atoms. The predicted octanol–water partition coefficient (Wildman–Crippen LogP) is 7.11. The summed E-state index contributed by atoms with van der Waals surface area (Å²) in [5.74, 6) is 0.614. The topological polar surface area (TPSA) is 76.4 Å². The lowest BCUT2D eigenvalue weighted by Gasteiger charge is -2.14. The molecule has 180 valence electrons. The molecule has 6 nitrogen and oxygen atoms in total. The number of rotatable bonds is 5. The van der Waals surface area contributed by atoms with Gasteiger partial charge in [-0.2, -0.15) is 0 Å². The Morgan fingerprint density at radius 2 is 1.86 bits per heavy atom. The number of aryl methyl sites for hydroxylation is 1. The number of halogens is 1. The Morgan fingerprint density at radius 1 is 1.08 bits per heavy atom. The number of nitrogens with one attached hydrogen (secondary N) is 2. The van der Waals surface area contributed by atoms with E-state index >= 15 is 0 Å². The van der Waals surface area contributed by atoms with E-state index in [0.29, 0.717) is 38.5 Å². The van der Waals surface area contributed by atoms with E-state index in [9.17, 15) is 4.79 Å². The molecule has 4 aromatic carbocycles. The molecule has 1 heterocycles. The summed E-state index contributed by atoms with van der Waals surface area (Å²) in [4.78, 5) is 17.7. The molecule has 0 unspecified atom stereocenters. The van der Waals surface area contributed by atoms with Gasteiger partial charge in [0.15, 0.2) is 10.7 Å². The first-order chi connectivity index (χ1) is 17.5. The highest BCUT2D eigenvalue weighted by Gasteiger charge is 2.19. The molecule has 0 saturated heterocycles. The number of carbonyl (C=O) groups excluding carboxylic acids is 1. The molecular formula is C28H22BrN3O3S. The van der Waals surface area contributed by atoms with Gasteiger partial charge in [0, 0.05) is 11.3 Å². The van der Waals surface area contributed by atoms with Crippen LogP contribution in [-0.4, -0.2) is 23.1 Å². The van der Waals surface area contributed by atoms with Crippen LogP contribution >= 0.6 is 28.1 Å². The first-order valence-electron chi connectivity index (χ1n) is 11.3. The van der Waals surface area contributed by atoms with Gasteiger partial charge in [0.1, 0.15) is 11.3 Å². The van der Waals surface area contributed by atoms with Crippen molar-refractivity contribution in [3.63, 3.8) is 0 Å². The van der Waals surface area contributed by atoms with E-state index < -0.39 is 0 Å². The summed E-state index contributed by atoms with van der Waals surface area (Å²) in [5.41, 5.74) is 4.57. The lowest BCUT2D eigenvalue weighted by molar-refractivity contribution is 0.0975. The Bertz CT molecular complexity index is 1610. The fraction of sp³-hybridized carbons (Fsp3) is 0.107. The Morgan fingerprint density at radius 3 is 2.61 bits per heavy atom. The number of nitrogens with zero attached hydrogens (tertiary/aromatic N) is 1. The molecule has 5 rings (SSSR count). The van der Waals surface area contributed by atoms with Crippen molar-refractivity contribution in [2.45, 2.75) is 13.3 Å². The summed E-state index contributed by atoms with van der Waals surface area (Å²) >= 11 is 8.97. The quantitative estimate of drug-likeness (QED) is 0.223. The standard InChI is InChI=1S/C28H22BrN3O3S/c1-3-16-8-10-17(11-9-16)27-31-22-15-19(12-13-23(22)35-27)30-28(36)32-26(33)21-14-18-6-4-5-7-20(18)24(29)25(21)34-2/h4-15H,3H2,1-2H3,(H2,30,32,33,36). The van der Waals surface area contributed by atoms with E-state index in [1.54, 1.807) is 6.07 Å². The largest absolute Gasteiger partial charge is 0.495 e. The van der Waals surface area contributed by atoms with Crippen LogP contribution in [0.15, 0.2) is 81.7 Å². The normalized spacial score (nSPS) is 11.0. The van der Waals surface area contributed by atoms with Gasteiger partial charge in [0.25, 0.3) is 5.91 Å². The van der Waals surface area contributed by atoms with Gasteiger partial charge in [0.2, 0.25) is 5.89 Å². The van der Waals surface area contributed by atoms with Crippen LogP contribution in [0.2, 0.25) is 0 Å². The fourth-order valence-electron chi connectivity index (χ4n) is 4.00. The number of benzene rings is 4. The minimum atomic E-state index is -0.379. The molecule has 0 aliphatic heterocycles. The van der Waals surface area contributed by atoms with Crippen LogP contribution in [0, 0.1) is 0 Å². The van der Waals surface area contributed by atoms with Gasteiger partial charge >= 0.3 is 0 Å². The maximum atomic E-state index is 13.1. The summed E-state index contributed by atoms with van der Waals surface area (Å²) in [7, 11) is 1.53. The van der Waals surface area contributed by atoms with Crippen molar-refractivity contribution in [3.8, 4) is 17.2 Å². The van der Waals surface area contributed by atoms with Crippen molar-refractivity contribution in [1.82, 2.24) is 10.3 Å². The van der Waals surface area contributed by atoms with Gasteiger partial charge in [-0.05, 0) is 87.3 Å². The van der Waals surface area contributed by atoms with Crippen LogP contribution in [-0.2, 0) is 6.42 Å². The summed E-state index contributed by atoms with van der Waals surface area (Å²) in [6.07, 6.45) is 0.976. The van der Waals surface area contributed by atoms with Crippen molar-refractivity contribution in [3.05, 3.63) is 88.4 Å². The second kappa shape index (κ2) is 10.1. The number of oxazole rings is 1. The highest BCUT2D eigenvalue weighted by molar-refractivity contribution is 9.10. The average molecular weight is 560 g/mol. The SMILES string of the molecule is CCc1ccc(-c2nc3cc(NC(=S)NC(=O)c4cc5ccccc5c(Br)c4OC)ccc3o2)cc1. The summed E-state index contributed by atoms with van der Waals surface area (Å²) in [6, 6.07) is 23.2. The van der Waals surface area contributed by atoms with E-state index in [2.05, 4.69) is 50.6 Å². The van der Waals surface area contributed by atoms with Crippen molar-refractivity contribution in [2.24, 2.45) is 0 Å². The predicted molar refractivity (Wildman–Crippen MR) is 151 cm³/mol. The zero-order chi connectivity index (χ0) is 25.2. The first kappa shape index (κ1) is 24.0. The third-order valence-electron chi connectivity index (χ3n) is 5.87. The molecular weight excluding hydrogens is 538 g/mol. The molecule has 8 heteroatoms. The molecule has 2 N–H and O–H groups in total. The third-order valence-corrected chi connectivity index (χ3v) is 6.86. The number of anilines is 1. The summed E-state index contributed by atoms with van der Waals surface area (Å²) in [6.45, 7) is 2.12. The minimum absolute atomic E-state index is 0.157. The van der Waals surface area contributed by atoms with Crippen molar-refractivity contribution >= 4 is 66.7 Å². The maximum absolute atomic E-state index is 13.1. The third kappa shape index (κ3) is 4.69. The van der Waals surface area contributed by atoms with Gasteiger partial charge in [-0.25, -0.2) is 4.98 Å². The van der Waals surface area contributed by atoms with E-state index in [0.717, 1.165) is 22.8 Å². The average Bonchev–Trinajstić information content (AvgIpc) is 3.32. The van der Waals surface area contributed by atoms with Gasteiger partial charge in [-0.15, -0.1) is 0 Å². The monoisotopic (exact) mass is 559 g/mol. The van der Waals surface area contributed by atoms with E-state index in [1.807, 2.05) is 54.6 Å². The Hall–Kier alpha value is -3.75. The first-order valence-corrected chi connectivity index (χ1v) is 12.5. The number of aromatic nitrogens is 1. The molecule has 0 atom stereocenters. The van der Waals surface area contributed by atoms with Crippen molar-refractivity contribution in [2.75, 3.05) is 12.4 Å². The van der Waals surface area contributed by atoms with Crippen LogP contribution in [0.4, 0.5) is 5.69 Å². The molecule has 0 saturated carbocycles. The van der Waals surface area contributed by atoms with Gasteiger partial charge in [0.05, 0.1) is 17.1 Å². The number of ether oxygens (including phenoxy) is 1. The highest BCUT2D eigenvalue weighted by atomic mass is 79.9. The second-order valence-corrected chi connectivity index (χ2v) is 9.35. The molecule has 0 aliphatic carbocycles. The number of fused-ring (bicyclic) bond motifs is 2. The van der Waals surface area contributed by atoms with E-state index in [1.165, 1.54) is 12.7 Å². The molecule has 0 fully saturated rings. The molecule has 1 aromatic heterocycles. The second-order valence-electron chi connectivity index (χ2n) is 8.15. The number of hydrogen-bond acceptors (Lipinski definition) is 5. The van der Waals surface area contributed by atoms with Crippen LogP contribution in [0.1, 0.15) is 22.8 Å². The number of carbonyl (C=O) groups is 1. The lowest BCUT2D eigenvalue weighted by Crippen LogP contribution is -2.34. The Labute approximate surface area is 221 Å². The zero-order valence-corrected chi connectivity index (χ0v) is 22.0. The molecule has 0 aliphatic rings. The number of methoxy groups -OCH3 is 1.